The second kappa shape index (κ2) is 7.45. The molecule has 1 aliphatic carbocycles. The van der Waals surface area contributed by atoms with Gasteiger partial charge in [-0.2, -0.15) is 0 Å². The van der Waals surface area contributed by atoms with E-state index < -0.39 is 6.10 Å². The molecule has 0 aromatic heterocycles. The van der Waals surface area contributed by atoms with E-state index in [4.69, 9.17) is 0 Å². The Bertz CT molecular complexity index is 706. The summed E-state index contributed by atoms with van der Waals surface area (Å²) >= 11 is 0. The molecule has 126 valence electrons. The van der Waals surface area contributed by atoms with E-state index in [1.807, 2.05) is 36.4 Å². The van der Waals surface area contributed by atoms with Crippen LogP contribution in [0, 0.1) is 5.82 Å². The first kappa shape index (κ1) is 16.5. The number of carbonyl (C=O) groups excluding carboxylic acids is 1. The van der Waals surface area contributed by atoms with Gasteiger partial charge in [0.05, 0.1) is 12.1 Å². The number of urea groups is 1. The van der Waals surface area contributed by atoms with Crippen LogP contribution < -0.4 is 10.6 Å². The van der Waals surface area contributed by atoms with Crippen molar-refractivity contribution in [3.05, 3.63) is 71.0 Å². The fraction of sp³-hybridized carbons (Fsp3) is 0.316. The predicted molar refractivity (Wildman–Crippen MR) is 90.1 cm³/mol. The lowest BCUT2D eigenvalue weighted by Gasteiger charge is -2.17. The number of benzene rings is 2. The van der Waals surface area contributed by atoms with E-state index in [1.165, 1.54) is 6.07 Å². The number of halogens is 1. The van der Waals surface area contributed by atoms with Gasteiger partial charge in [-0.1, -0.05) is 42.5 Å². The van der Waals surface area contributed by atoms with Gasteiger partial charge in [0.1, 0.15) is 5.82 Å². The molecule has 0 aliphatic heterocycles. The van der Waals surface area contributed by atoms with Gasteiger partial charge in [0.2, 0.25) is 0 Å². The fourth-order valence-corrected chi connectivity index (χ4v) is 3.14. The van der Waals surface area contributed by atoms with E-state index in [1.54, 1.807) is 6.07 Å². The number of hydrogen-bond acceptors (Lipinski definition) is 2. The maximum absolute atomic E-state index is 13.7. The average Bonchev–Trinajstić information content (AvgIpc) is 2.98. The van der Waals surface area contributed by atoms with Gasteiger partial charge in [0.25, 0.3) is 0 Å². The number of carbonyl (C=O) groups is 1. The van der Waals surface area contributed by atoms with Crippen molar-refractivity contribution < 1.29 is 14.3 Å². The molecule has 4 nitrogen and oxygen atoms in total. The third-order valence-corrected chi connectivity index (χ3v) is 4.33. The summed E-state index contributed by atoms with van der Waals surface area (Å²) in [5.41, 5.74) is 2.55. The van der Waals surface area contributed by atoms with Gasteiger partial charge in [-0.05, 0) is 35.6 Å². The second-order valence-electron chi connectivity index (χ2n) is 6.10. The standard InChI is InChI=1S/C19H21FN2O2/c20-17-8-4-7-16-15(17)9-10-18(16)22-19(24)21-12-14(23)11-13-5-2-1-3-6-13/h1-8,14,18,23H,9-12H2,(H2,21,22,24). The number of nitrogens with one attached hydrogen (secondary N) is 2. The first-order valence-corrected chi connectivity index (χ1v) is 8.17. The largest absolute Gasteiger partial charge is 0.391 e. The molecular weight excluding hydrogens is 307 g/mol. The van der Waals surface area contributed by atoms with Gasteiger partial charge in [0.15, 0.2) is 0 Å². The van der Waals surface area contributed by atoms with Gasteiger partial charge in [-0.25, -0.2) is 9.18 Å². The molecule has 24 heavy (non-hydrogen) atoms. The summed E-state index contributed by atoms with van der Waals surface area (Å²) in [6.45, 7) is 0.170. The van der Waals surface area contributed by atoms with Gasteiger partial charge >= 0.3 is 6.03 Å². The minimum Gasteiger partial charge on any atom is -0.391 e. The van der Waals surface area contributed by atoms with E-state index in [9.17, 15) is 14.3 Å². The molecule has 2 atom stereocenters. The van der Waals surface area contributed by atoms with Crippen molar-refractivity contribution in [2.24, 2.45) is 0 Å². The third kappa shape index (κ3) is 3.92. The number of aliphatic hydroxyl groups is 1. The van der Waals surface area contributed by atoms with Crippen LogP contribution in [-0.2, 0) is 12.8 Å². The lowest BCUT2D eigenvalue weighted by Crippen LogP contribution is -2.41. The highest BCUT2D eigenvalue weighted by atomic mass is 19.1. The molecule has 0 radical (unpaired) electrons. The summed E-state index contributed by atoms with van der Waals surface area (Å²) in [6.07, 6.45) is 1.16. The first-order valence-electron chi connectivity index (χ1n) is 8.17. The highest BCUT2D eigenvalue weighted by Crippen LogP contribution is 2.32. The van der Waals surface area contributed by atoms with Crippen LogP contribution in [0.2, 0.25) is 0 Å². The molecular formula is C19H21FN2O2. The highest BCUT2D eigenvalue weighted by molar-refractivity contribution is 5.74. The Hall–Kier alpha value is -2.40. The Morgan fingerprint density at radius 2 is 2.00 bits per heavy atom. The molecule has 5 heteroatoms. The zero-order chi connectivity index (χ0) is 16.9. The van der Waals surface area contributed by atoms with E-state index >= 15 is 0 Å². The van der Waals surface area contributed by atoms with Gasteiger partial charge in [0, 0.05) is 13.0 Å². The molecule has 0 fully saturated rings. The Morgan fingerprint density at radius 1 is 1.21 bits per heavy atom. The summed E-state index contributed by atoms with van der Waals surface area (Å²) in [4.78, 5) is 12.0. The Balaban J connectivity index is 1.48. The van der Waals surface area contributed by atoms with Crippen molar-refractivity contribution in [2.45, 2.75) is 31.4 Å². The summed E-state index contributed by atoms with van der Waals surface area (Å²) in [6, 6.07) is 14.1. The average molecular weight is 328 g/mol. The molecule has 2 aromatic carbocycles. The molecule has 0 saturated heterocycles. The number of amides is 2. The number of rotatable bonds is 5. The molecule has 2 amide bonds. The lowest BCUT2D eigenvalue weighted by molar-refractivity contribution is 0.170. The minimum atomic E-state index is -0.647. The van der Waals surface area contributed by atoms with E-state index in [0.29, 0.717) is 24.8 Å². The van der Waals surface area contributed by atoms with Crippen molar-refractivity contribution in [2.75, 3.05) is 6.54 Å². The van der Waals surface area contributed by atoms with E-state index in [0.717, 1.165) is 11.1 Å². The predicted octanol–water partition coefficient (Wildman–Crippen LogP) is 2.72. The highest BCUT2D eigenvalue weighted by Gasteiger charge is 2.26. The third-order valence-electron chi connectivity index (χ3n) is 4.33. The topological polar surface area (TPSA) is 61.4 Å². The van der Waals surface area contributed by atoms with Crippen molar-refractivity contribution in [1.82, 2.24) is 10.6 Å². The van der Waals surface area contributed by atoms with Crippen molar-refractivity contribution in [1.29, 1.82) is 0 Å². The molecule has 0 heterocycles. The molecule has 2 aromatic rings. The zero-order valence-corrected chi connectivity index (χ0v) is 13.3. The van der Waals surface area contributed by atoms with Crippen molar-refractivity contribution in [3.8, 4) is 0 Å². The molecule has 2 unspecified atom stereocenters. The Labute approximate surface area is 140 Å². The molecule has 0 saturated carbocycles. The summed E-state index contributed by atoms with van der Waals surface area (Å²) in [5, 5.41) is 15.5. The van der Waals surface area contributed by atoms with Crippen LogP contribution in [0.5, 0.6) is 0 Å². The zero-order valence-electron chi connectivity index (χ0n) is 13.3. The van der Waals surface area contributed by atoms with Crippen LogP contribution in [-0.4, -0.2) is 23.8 Å². The molecule has 0 spiro atoms. The molecule has 0 bridgehead atoms. The summed E-state index contributed by atoms with van der Waals surface area (Å²) < 4.78 is 13.7. The van der Waals surface area contributed by atoms with E-state index in [-0.39, 0.29) is 24.4 Å². The minimum absolute atomic E-state index is 0.170. The van der Waals surface area contributed by atoms with Crippen LogP contribution in [0.25, 0.3) is 0 Å². The Morgan fingerprint density at radius 3 is 2.79 bits per heavy atom. The Kier molecular flexibility index (Phi) is 5.11. The SMILES string of the molecule is O=C(NCC(O)Cc1ccccc1)NC1CCc2c(F)cccc21. The second-order valence-corrected chi connectivity index (χ2v) is 6.10. The smallest absolute Gasteiger partial charge is 0.315 e. The van der Waals surface area contributed by atoms with E-state index in [2.05, 4.69) is 10.6 Å². The van der Waals surface area contributed by atoms with Gasteiger partial charge in [-0.15, -0.1) is 0 Å². The summed E-state index contributed by atoms with van der Waals surface area (Å²) in [5.74, 6) is -0.213. The van der Waals surface area contributed by atoms with Gasteiger partial charge in [-0.3, -0.25) is 0 Å². The molecule has 3 N–H and O–H groups in total. The number of aliphatic hydroxyl groups excluding tert-OH is 1. The normalized spacial score (nSPS) is 17.2. The number of fused-ring (bicyclic) bond motifs is 1. The maximum atomic E-state index is 13.7. The maximum Gasteiger partial charge on any atom is 0.315 e. The lowest BCUT2D eigenvalue weighted by atomic mass is 10.1. The quantitative estimate of drug-likeness (QED) is 0.790. The van der Waals surface area contributed by atoms with Crippen LogP contribution in [0.3, 0.4) is 0 Å². The van der Waals surface area contributed by atoms with Crippen molar-refractivity contribution >= 4 is 6.03 Å². The van der Waals surface area contributed by atoms with Gasteiger partial charge < -0.3 is 15.7 Å². The van der Waals surface area contributed by atoms with Crippen LogP contribution in [0.4, 0.5) is 9.18 Å². The summed E-state index contributed by atoms with van der Waals surface area (Å²) in [7, 11) is 0. The fourth-order valence-electron chi connectivity index (χ4n) is 3.14. The number of hydrogen-bond donors (Lipinski definition) is 3. The first-order chi connectivity index (χ1) is 11.6. The monoisotopic (exact) mass is 328 g/mol. The van der Waals surface area contributed by atoms with Crippen LogP contribution in [0.15, 0.2) is 48.5 Å². The van der Waals surface area contributed by atoms with Crippen LogP contribution >= 0.6 is 0 Å². The molecule has 1 aliphatic rings. The van der Waals surface area contributed by atoms with Crippen molar-refractivity contribution in [3.63, 3.8) is 0 Å². The molecule has 3 rings (SSSR count). The van der Waals surface area contributed by atoms with Crippen LogP contribution in [0.1, 0.15) is 29.2 Å².